The monoisotopic (exact) mass is 1230 g/mol. The summed E-state index contributed by atoms with van der Waals surface area (Å²) in [6.45, 7) is -0.206. The van der Waals surface area contributed by atoms with Crippen LogP contribution in [0.1, 0.15) is 96.8 Å². The highest BCUT2D eigenvalue weighted by molar-refractivity contribution is 6.22. The van der Waals surface area contributed by atoms with Crippen LogP contribution in [0.4, 0.5) is 49.1 Å². The highest BCUT2D eigenvalue weighted by Gasteiger charge is 2.46. The van der Waals surface area contributed by atoms with Crippen LogP contribution in [0.5, 0.6) is 11.5 Å². The van der Waals surface area contributed by atoms with Gasteiger partial charge < -0.3 is 65.0 Å². The molecule has 0 fully saturated rings. The SMILES string of the molecule is COC(=O)c1c(C(F)(F)F)[nH]c2c(O)cc3c(c12)[C@H](CCl)CN3C(=O)c1cc2cc(NC(=O)c3ccc4[nH]c5ccc(C(=O)Nc6ccc7[nH]c(C(=O)N8C[C@@H](CCl)c9c8cc(O)c8[nH]c(C(F)(F)F)c(C(=O)OC)c98)cc7c6)cc5c4c3)ccc2[nH]1. The summed E-state index contributed by atoms with van der Waals surface area (Å²) in [7, 11) is 1.85. The zero-order valence-electron chi connectivity index (χ0n) is 44.8. The zero-order valence-corrected chi connectivity index (χ0v) is 46.3. The van der Waals surface area contributed by atoms with Crippen molar-refractivity contribution in [3.63, 3.8) is 0 Å². The highest BCUT2D eigenvalue weighted by atomic mass is 35.5. The molecule has 5 aromatic heterocycles. The van der Waals surface area contributed by atoms with Crippen LogP contribution in [0, 0.1) is 0 Å². The molecule has 0 aliphatic carbocycles. The maximum absolute atomic E-state index is 14.3. The van der Waals surface area contributed by atoms with Gasteiger partial charge in [0.2, 0.25) is 0 Å². The van der Waals surface area contributed by atoms with Gasteiger partial charge in [0.25, 0.3) is 23.6 Å². The van der Waals surface area contributed by atoms with Gasteiger partial charge in [-0.3, -0.25) is 19.2 Å². The molecule has 19 nitrogen and oxygen atoms in total. The predicted octanol–water partition coefficient (Wildman–Crippen LogP) is 12.7. The molecule has 6 aromatic carbocycles. The molecule has 2 aliphatic rings. The number of methoxy groups -OCH3 is 2. The Balaban J connectivity index is 0.719. The van der Waals surface area contributed by atoms with E-state index in [1.165, 1.54) is 21.9 Å². The van der Waals surface area contributed by atoms with E-state index in [9.17, 15) is 65.3 Å². The average Bonchev–Trinajstić information content (AvgIpc) is 1.59. The van der Waals surface area contributed by atoms with Crippen molar-refractivity contribution in [1.29, 1.82) is 0 Å². The number of amides is 4. The molecule has 2 atom stereocenters. The number of H-pyrrole nitrogens is 5. The van der Waals surface area contributed by atoms with Crippen LogP contribution in [0.25, 0.3) is 65.4 Å². The van der Waals surface area contributed by atoms with Gasteiger partial charge in [0.05, 0.1) is 47.8 Å². The van der Waals surface area contributed by atoms with Crippen molar-refractivity contribution in [3.8, 4) is 11.5 Å². The topological polar surface area (TPSA) is 271 Å². The summed E-state index contributed by atoms with van der Waals surface area (Å²) < 4.78 is 94.7. The number of phenols is 2. The number of anilines is 4. The molecule has 0 saturated carbocycles. The van der Waals surface area contributed by atoms with Crippen LogP contribution in [0.2, 0.25) is 0 Å². The Kier molecular flexibility index (Phi) is 13.0. The Morgan fingerprint density at radius 1 is 0.540 bits per heavy atom. The number of carbonyl (C=O) groups excluding carboxylic acids is 6. The minimum absolute atomic E-state index is 0.0473. The number of aromatic hydroxyl groups is 2. The van der Waals surface area contributed by atoms with Crippen LogP contribution in [0.15, 0.2) is 97.1 Å². The summed E-state index contributed by atoms with van der Waals surface area (Å²) in [5, 5.41) is 29.5. The van der Waals surface area contributed by atoms with Crippen molar-refractivity contribution in [1.82, 2.24) is 24.9 Å². The van der Waals surface area contributed by atoms with E-state index in [2.05, 4.69) is 35.6 Å². The smallest absolute Gasteiger partial charge is 0.432 e. The van der Waals surface area contributed by atoms with E-state index in [0.29, 0.717) is 55.0 Å². The third-order valence-corrected chi connectivity index (χ3v) is 16.6. The molecule has 4 amide bonds. The Bertz CT molecular complexity index is 4550. The quantitative estimate of drug-likeness (QED) is 0.0355. The van der Waals surface area contributed by atoms with Gasteiger partial charge in [-0.15, -0.1) is 23.2 Å². The number of nitrogens with one attached hydrogen (secondary N) is 7. The van der Waals surface area contributed by atoms with Gasteiger partial charge in [0, 0.05) is 126 Å². The van der Waals surface area contributed by atoms with Crippen LogP contribution in [-0.2, 0) is 21.8 Å². The first-order valence-corrected chi connectivity index (χ1v) is 27.4. The summed E-state index contributed by atoms with van der Waals surface area (Å²) in [5.41, 5.74) is -1.22. The van der Waals surface area contributed by atoms with Gasteiger partial charge in [0.15, 0.2) is 0 Å². The molecule has 0 saturated heterocycles. The first kappa shape index (κ1) is 56.0. The van der Waals surface area contributed by atoms with E-state index in [1.807, 2.05) is 0 Å². The molecule has 0 unspecified atom stereocenters. The third kappa shape index (κ3) is 9.05. The summed E-state index contributed by atoms with van der Waals surface area (Å²) in [5.74, 6) is -7.95. The molecule has 0 spiro atoms. The lowest BCUT2D eigenvalue weighted by Crippen LogP contribution is -2.30. The number of carbonyl (C=O) groups is 6. The maximum atomic E-state index is 14.3. The molecule has 442 valence electrons. The number of alkyl halides is 8. The number of hydrogen-bond acceptors (Lipinski definition) is 10. The Hall–Kier alpha value is -10.1. The molecule has 27 heteroatoms. The molecule has 9 N–H and O–H groups in total. The molecule has 87 heavy (non-hydrogen) atoms. The number of halogens is 8. The van der Waals surface area contributed by atoms with Gasteiger partial charge in [-0.05, 0) is 96.1 Å². The van der Waals surface area contributed by atoms with E-state index >= 15 is 0 Å². The number of phenolic OH excluding ortho intramolecular Hbond substituents is 2. The Morgan fingerprint density at radius 2 is 0.931 bits per heavy atom. The van der Waals surface area contributed by atoms with Crippen molar-refractivity contribution < 1.29 is 74.8 Å². The Labute approximate surface area is 493 Å². The number of aromatic amines is 5. The van der Waals surface area contributed by atoms with E-state index in [4.69, 9.17) is 32.7 Å². The number of fused-ring (bicyclic) bond motifs is 11. The molecular weight excluding hydrogens is 1190 g/mol. The first-order chi connectivity index (χ1) is 41.5. The Morgan fingerprint density at radius 3 is 1.30 bits per heavy atom. The number of benzene rings is 6. The normalized spacial score (nSPS) is 15.1. The number of aromatic nitrogens is 5. The van der Waals surface area contributed by atoms with E-state index in [0.717, 1.165) is 26.4 Å². The summed E-state index contributed by atoms with van der Waals surface area (Å²) in [6, 6.07) is 25.1. The fourth-order valence-electron chi connectivity index (χ4n) is 12.0. The molecule has 7 heterocycles. The second-order valence-electron chi connectivity index (χ2n) is 20.9. The van der Waals surface area contributed by atoms with E-state index < -0.39 is 93.8 Å². The minimum atomic E-state index is -5.04. The number of nitrogens with zero attached hydrogens (tertiary/aromatic N) is 2. The largest absolute Gasteiger partial charge is 0.506 e. The van der Waals surface area contributed by atoms with Crippen LogP contribution >= 0.6 is 23.2 Å². The molecule has 0 radical (unpaired) electrons. The standard InChI is InChI=1S/C60H41Cl2F6N9O10/c1-86-57(84)47-45-43-27(19-61)21-76(39(43)17-41(78)49(45)74-51(47)59(63,64)65)55(82)37-15-25-11-29(5-9-33(25)71-37)69-53(80)23-3-7-35-31(13-23)32-14-24(4-8-36(32)73-35)54(81)70-30-6-10-34-26(12-30)16-38(72-34)56(83)77-22-28(20-62)44-40(77)18-42(79)50-46(44)48(58(85)87-2)52(75-50)60(66,67)68/h3-18,27-28,71-75,78-79H,19-22H2,1-2H3,(H,69,80)(H,70,81)/t27-,28-/m1/s1. The van der Waals surface area contributed by atoms with Gasteiger partial charge in [-0.1, -0.05) is 0 Å². The fraction of sp³-hybridized carbons (Fsp3) is 0.167. The lowest BCUT2D eigenvalue weighted by molar-refractivity contribution is -0.141. The van der Waals surface area contributed by atoms with Gasteiger partial charge in [-0.25, -0.2) is 9.59 Å². The molecule has 0 bridgehead atoms. The zero-order chi connectivity index (χ0) is 61.4. The average molecular weight is 1230 g/mol. The van der Waals surface area contributed by atoms with Crippen molar-refractivity contribution in [2.24, 2.45) is 0 Å². The second kappa shape index (κ2) is 20.3. The van der Waals surface area contributed by atoms with Crippen molar-refractivity contribution in [3.05, 3.63) is 153 Å². The summed E-state index contributed by atoms with van der Waals surface area (Å²) in [6.07, 6.45) is -10.1. The number of esters is 2. The van der Waals surface area contributed by atoms with E-state index in [-0.39, 0.29) is 91.7 Å². The van der Waals surface area contributed by atoms with Gasteiger partial charge in [0.1, 0.15) is 34.3 Å². The van der Waals surface area contributed by atoms with Crippen molar-refractivity contribution in [2.45, 2.75) is 24.2 Å². The number of hydrogen-bond donors (Lipinski definition) is 9. The molecule has 13 rings (SSSR count). The third-order valence-electron chi connectivity index (χ3n) is 15.9. The predicted molar refractivity (Wildman–Crippen MR) is 311 cm³/mol. The van der Waals surface area contributed by atoms with Gasteiger partial charge in [-0.2, -0.15) is 26.3 Å². The lowest BCUT2D eigenvalue weighted by atomic mass is 9.95. The summed E-state index contributed by atoms with van der Waals surface area (Å²) in [4.78, 5) is 98.2. The van der Waals surface area contributed by atoms with Crippen LogP contribution in [-0.4, -0.2) is 110 Å². The van der Waals surface area contributed by atoms with Crippen molar-refractivity contribution >= 4 is 147 Å². The molecule has 2 aliphatic heterocycles. The van der Waals surface area contributed by atoms with Crippen LogP contribution < -0.4 is 20.4 Å². The summed E-state index contributed by atoms with van der Waals surface area (Å²) >= 11 is 12.7. The molecular formula is C60H41Cl2F6N9O10. The fourth-order valence-corrected chi connectivity index (χ4v) is 12.5. The van der Waals surface area contributed by atoms with Crippen LogP contribution in [0.3, 0.4) is 0 Å². The number of rotatable bonds is 10. The van der Waals surface area contributed by atoms with Crippen molar-refractivity contribution in [2.75, 3.05) is 59.5 Å². The lowest BCUT2D eigenvalue weighted by Gasteiger charge is -2.17. The first-order valence-electron chi connectivity index (χ1n) is 26.3. The minimum Gasteiger partial charge on any atom is -0.506 e. The maximum Gasteiger partial charge on any atom is 0.432 e. The van der Waals surface area contributed by atoms with Gasteiger partial charge >= 0.3 is 24.3 Å². The highest BCUT2D eigenvalue weighted by Crippen LogP contribution is 2.52. The second-order valence-corrected chi connectivity index (χ2v) is 21.6. The molecule has 11 aromatic rings. The number of ether oxygens (including phenoxy) is 2. The van der Waals surface area contributed by atoms with E-state index in [1.54, 1.807) is 72.8 Å².